The number of hydrogen-bond acceptors (Lipinski definition) is 5. The highest BCUT2D eigenvalue weighted by molar-refractivity contribution is 8.00. The van der Waals surface area contributed by atoms with Gasteiger partial charge in [-0.05, 0) is 37.6 Å². The Labute approximate surface area is 135 Å². The predicted octanol–water partition coefficient (Wildman–Crippen LogP) is 4.50. The molecular formula is C16H22N2OS2. The molecule has 0 bridgehead atoms. The Hall–Kier alpha value is -1.04. The molecule has 1 unspecified atom stereocenters. The van der Waals surface area contributed by atoms with Crippen LogP contribution in [0, 0.1) is 0 Å². The van der Waals surface area contributed by atoms with Crippen LogP contribution in [-0.2, 0) is 5.75 Å². The van der Waals surface area contributed by atoms with Crippen molar-refractivity contribution in [1.82, 2.24) is 10.3 Å². The van der Waals surface area contributed by atoms with E-state index in [2.05, 4.69) is 42.3 Å². The Morgan fingerprint density at radius 2 is 2.29 bits per heavy atom. The molecule has 1 heterocycles. The quantitative estimate of drug-likeness (QED) is 0.725. The van der Waals surface area contributed by atoms with E-state index in [4.69, 9.17) is 4.74 Å². The predicted molar refractivity (Wildman–Crippen MR) is 91.4 cm³/mol. The third-order valence-electron chi connectivity index (χ3n) is 3.27. The van der Waals surface area contributed by atoms with Crippen molar-refractivity contribution in [1.29, 1.82) is 0 Å². The molecule has 1 N–H and O–H groups in total. The molecule has 3 nitrogen and oxygen atoms in total. The monoisotopic (exact) mass is 322 g/mol. The molecule has 0 spiro atoms. The minimum absolute atomic E-state index is 0.361. The maximum atomic E-state index is 5.48. The molecule has 0 fully saturated rings. The number of thiazole rings is 1. The zero-order valence-corrected chi connectivity index (χ0v) is 14.4. The van der Waals surface area contributed by atoms with Crippen LogP contribution >= 0.6 is 23.1 Å². The van der Waals surface area contributed by atoms with E-state index in [0.717, 1.165) is 28.8 Å². The molecule has 5 heteroatoms. The Bertz CT molecular complexity index is 543. The van der Waals surface area contributed by atoms with Gasteiger partial charge in [0.2, 0.25) is 0 Å². The third-order valence-corrected chi connectivity index (χ3v) is 5.28. The minimum atomic E-state index is 0.361. The average molecular weight is 322 g/mol. The summed E-state index contributed by atoms with van der Waals surface area (Å²) >= 11 is 3.43. The van der Waals surface area contributed by atoms with Gasteiger partial charge in [-0.1, -0.05) is 24.8 Å². The van der Waals surface area contributed by atoms with Crippen LogP contribution in [0.4, 0.5) is 0 Å². The number of methoxy groups -OCH3 is 1. The zero-order chi connectivity index (χ0) is 15.1. The molecule has 1 aromatic carbocycles. The number of nitrogens with one attached hydrogen (secondary N) is 1. The molecule has 0 aliphatic carbocycles. The molecule has 1 aromatic heterocycles. The fraction of sp³-hybridized carbons (Fsp3) is 0.438. The van der Waals surface area contributed by atoms with Gasteiger partial charge in [-0.2, -0.15) is 0 Å². The molecule has 0 aliphatic rings. The SMILES string of the molecule is CCCNC(C)c1ccc(OC)c(CSc2nccs2)c1. The van der Waals surface area contributed by atoms with Crippen LogP contribution < -0.4 is 10.1 Å². The van der Waals surface area contributed by atoms with Crippen LogP contribution in [0.5, 0.6) is 5.75 Å². The van der Waals surface area contributed by atoms with E-state index in [-0.39, 0.29) is 0 Å². The van der Waals surface area contributed by atoms with Crippen molar-refractivity contribution in [2.45, 2.75) is 36.4 Å². The van der Waals surface area contributed by atoms with Gasteiger partial charge < -0.3 is 10.1 Å². The summed E-state index contributed by atoms with van der Waals surface area (Å²) in [6.07, 6.45) is 2.99. The summed E-state index contributed by atoms with van der Waals surface area (Å²) < 4.78 is 6.58. The molecule has 21 heavy (non-hydrogen) atoms. The smallest absolute Gasteiger partial charge is 0.150 e. The Kier molecular flexibility index (Phi) is 6.54. The summed E-state index contributed by atoms with van der Waals surface area (Å²) in [6, 6.07) is 6.81. The second kappa shape index (κ2) is 8.41. The second-order valence-electron chi connectivity index (χ2n) is 4.83. The number of hydrogen-bond donors (Lipinski definition) is 1. The summed E-state index contributed by atoms with van der Waals surface area (Å²) in [7, 11) is 1.73. The summed E-state index contributed by atoms with van der Waals surface area (Å²) in [5, 5.41) is 5.53. The number of thioether (sulfide) groups is 1. The van der Waals surface area contributed by atoms with Crippen molar-refractivity contribution in [3.63, 3.8) is 0 Å². The average Bonchev–Trinajstić information content (AvgIpc) is 3.03. The van der Waals surface area contributed by atoms with Crippen LogP contribution in [0.2, 0.25) is 0 Å². The van der Waals surface area contributed by atoms with E-state index in [1.165, 1.54) is 11.1 Å². The fourth-order valence-electron chi connectivity index (χ4n) is 2.08. The van der Waals surface area contributed by atoms with Crippen LogP contribution in [0.15, 0.2) is 34.1 Å². The Morgan fingerprint density at radius 1 is 1.43 bits per heavy atom. The zero-order valence-electron chi connectivity index (χ0n) is 12.8. The van der Waals surface area contributed by atoms with Gasteiger partial charge in [0.05, 0.1) is 7.11 Å². The highest BCUT2D eigenvalue weighted by Crippen LogP contribution is 2.31. The van der Waals surface area contributed by atoms with Crippen LogP contribution in [0.3, 0.4) is 0 Å². The standard InChI is InChI=1S/C16H22N2OS2/c1-4-7-17-12(2)13-5-6-15(19-3)14(10-13)11-21-16-18-8-9-20-16/h5-6,8-10,12,17H,4,7,11H2,1-3H3. The number of ether oxygens (including phenoxy) is 1. The molecule has 0 saturated carbocycles. The molecule has 2 aromatic rings. The van der Waals surface area contributed by atoms with Gasteiger partial charge in [0.1, 0.15) is 10.1 Å². The van der Waals surface area contributed by atoms with E-state index >= 15 is 0 Å². The van der Waals surface area contributed by atoms with Gasteiger partial charge in [0.15, 0.2) is 0 Å². The summed E-state index contributed by atoms with van der Waals surface area (Å²) in [5.74, 6) is 1.83. The van der Waals surface area contributed by atoms with Crippen molar-refractivity contribution in [2.75, 3.05) is 13.7 Å². The van der Waals surface area contributed by atoms with Crippen LogP contribution in [0.25, 0.3) is 0 Å². The second-order valence-corrected chi connectivity index (χ2v) is 6.95. The maximum Gasteiger partial charge on any atom is 0.150 e. The maximum absolute atomic E-state index is 5.48. The van der Waals surface area contributed by atoms with Crippen molar-refractivity contribution < 1.29 is 4.74 Å². The third kappa shape index (κ3) is 4.73. The van der Waals surface area contributed by atoms with E-state index in [0.29, 0.717) is 6.04 Å². The van der Waals surface area contributed by atoms with Crippen LogP contribution in [0.1, 0.15) is 37.4 Å². The first-order valence-electron chi connectivity index (χ1n) is 7.17. The lowest BCUT2D eigenvalue weighted by molar-refractivity contribution is 0.411. The summed E-state index contributed by atoms with van der Waals surface area (Å²) in [4.78, 5) is 4.31. The molecular weight excluding hydrogens is 300 g/mol. The van der Waals surface area contributed by atoms with Crippen molar-refractivity contribution in [2.24, 2.45) is 0 Å². The Balaban J connectivity index is 2.09. The van der Waals surface area contributed by atoms with E-state index < -0.39 is 0 Å². The van der Waals surface area contributed by atoms with Crippen molar-refractivity contribution >= 4 is 23.1 Å². The molecule has 0 amide bonds. The molecule has 0 radical (unpaired) electrons. The lowest BCUT2D eigenvalue weighted by Crippen LogP contribution is -2.19. The number of nitrogens with zero attached hydrogens (tertiary/aromatic N) is 1. The first-order chi connectivity index (χ1) is 10.2. The first kappa shape index (κ1) is 16.3. The highest BCUT2D eigenvalue weighted by atomic mass is 32.2. The summed E-state index contributed by atoms with van der Waals surface area (Å²) in [6.45, 7) is 5.43. The van der Waals surface area contributed by atoms with E-state index in [1.807, 2.05) is 11.6 Å². The first-order valence-corrected chi connectivity index (χ1v) is 9.03. The largest absolute Gasteiger partial charge is 0.496 e. The summed E-state index contributed by atoms with van der Waals surface area (Å²) in [5.41, 5.74) is 2.53. The minimum Gasteiger partial charge on any atom is -0.496 e. The highest BCUT2D eigenvalue weighted by Gasteiger charge is 2.10. The molecule has 114 valence electrons. The van der Waals surface area contributed by atoms with Crippen LogP contribution in [-0.4, -0.2) is 18.6 Å². The lowest BCUT2D eigenvalue weighted by Gasteiger charge is -2.16. The molecule has 2 rings (SSSR count). The van der Waals surface area contributed by atoms with E-state index in [1.54, 1.807) is 30.2 Å². The number of rotatable bonds is 8. The molecule has 0 aliphatic heterocycles. The van der Waals surface area contributed by atoms with Gasteiger partial charge in [-0.15, -0.1) is 11.3 Å². The fourth-order valence-corrected chi connectivity index (χ4v) is 3.70. The van der Waals surface area contributed by atoms with Crippen molar-refractivity contribution in [3.05, 3.63) is 40.9 Å². The lowest BCUT2D eigenvalue weighted by atomic mass is 10.0. The topological polar surface area (TPSA) is 34.1 Å². The Morgan fingerprint density at radius 3 is 2.95 bits per heavy atom. The van der Waals surface area contributed by atoms with Gasteiger partial charge in [0.25, 0.3) is 0 Å². The normalized spacial score (nSPS) is 12.3. The van der Waals surface area contributed by atoms with Crippen molar-refractivity contribution in [3.8, 4) is 5.75 Å². The molecule has 0 saturated heterocycles. The number of benzene rings is 1. The van der Waals surface area contributed by atoms with Gasteiger partial charge in [0, 0.05) is 28.9 Å². The van der Waals surface area contributed by atoms with E-state index in [9.17, 15) is 0 Å². The van der Waals surface area contributed by atoms with Gasteiger partial charge >= 0.3 is 0 Å². The van der Waals surface area contributed by atoms with Gasteiger partial charge in [-0.3, -0.25) is 0 Å². The molecule has 1 atom stereocenters. The van der Waals surface area contributed by atoms with Gasteiger partial charge in [-0.25, -0.2) is 4.98 Å². The number of aromatic nitrogens is 1.